The Balaban J connectivity index is -0.000000613. The molecule has 1 aliphatic heterocycles. The Kier molecular flexibility index (Phi) is 41.1. The van der Waals surface area contributed by atoms with E-state index >= 15 is 0 Å². The number of hydrogen-bond acceptors (Lipinski definition) is 4. The minimum absolute atomic E-state index is 0. The third-order valence-corrected chi connectivity index (χ3v) is 13.8. The van der Waals surface area contributed by atoms with Gasteiger partial charge in [-0.05, 0) is 70.0 Å². The maximum absolute atomic E-state index is 14.2. The topological polar surface area (TPSA) is 123 Å². The molecular formula is C49H41BCl2F24Fe2O6P2S2-2. The summed E-state index contributed by atoms with van der Waals surface area (Å²) < 4.78 is 371. The van der Waals surface area contributed by atoms with Crippen LogP contribution in [0.5, 0.6) is 0 Å². The van der Waals surface area contributed by atoms with Crippen molar-refractivity contribution in [2.24, 2.45) is 0 Å². The molecule has 3 atom stereocenters. The summed E-state index contributed by atoms with van der Waals surface area (Å²) in [5.74, 6) is -2.01. The van der Waals surface area contributed by atoms with Crippen molar-refractivity contribution < 1.29 is 190 Å². The van der Waals surface area contributed by atoms with Gasteiger partial charge >= 0.3 is 105 Å². The Morgan fingerprint density at radius 3 is 0.568 bits per heavy atom. The van der Waals surface area contributed by atoms with Gasteiger partial charge in [-0.2, -0.15) is 138 Å². The molecule has 1 aliphatic carbocycles. The molecule has 1 unspecified atom stereocenters. The second-order valence-electron chi connectivity index (χ2n) is 17.8. The van der Waals surface area contributed by atoms with Crippen molar-refractivity contribution in [2.45, 2.75) is 78.5 Å². The van der Waals surface area contributed by atoms with Gasteiger partial charge in [-0.25, -0.2) is 0 Å². The van der Waals surface area contributed by atoms with E-state index in [1.165, 1.54) is 10.7 Å². The van der Waals surface area contributed by atoms with Crippen LogP contribution in [0.1, 0.15) is 57.3 Å². The number of hydrogen-bond donors (Lipinski definition) is 1. The van der Waals surface area contributed by atoms with Gasteiger partial charge in [0.1, 0.15) is 6.15 Å². The molecule has 1 saturated carbocycles. The van der Waals surface area contributed by atoms with Gasteiger partial charge < -0.3 is 35.5 Å². The van der Waals surface area contributed by atoms with Crippen LogP contribution in [0.3, 0.4) is 0 Å². The van der Waals surface area contributed by atoms with Crippen molar-refractivity contribution in [3.05, 3.63) is 144 Å². The first-order chi connectivity index (χ1) is 38.8. The smallest absolute Gasteiger partial charge is 0 e. The molecule has 0 amide bonds. The van der Waals surface area contributed by atoms with Crippen LogP contribution < -0.4 is 27.0 Å². The second kappa shape index (κ2) is 38.5. The van der Waals surface area contributed by atoms with Crippen LogP contribution in [0.15, 0.2) is 72.8 Å². The molecule has 39 heteroatoms. The van der Waals surface area contributed by atoms with E-state index in [1.54, 1.807) is 0 Å². The van der Waals surface area contributed by atoms with Gasteiger partial charge in [-0.1, -0.05) is 61.4 Å². The van der Waals surface area contributed by atoms with Crippen LogP contribution in [-0.4, -0.2) is 78.2 Å². The zero-order chi connectivity index (χ0) is 69.0. The number of rotatable bonds is 4. The summed E-state index contributed by atoms with van der Waals surface area (Å²) in [6.45, 7) is 31.4. The van der Waals surface area contributed by atoms with Gasteiger partial charge in [0.2, 0.25) is 0 Å². The van der Waals surface area contributed by atoms with Crippen LogP contribution in [0.25, 0.3) is 0 Å². The Labute approximate surface area is 529 Å². The first kappa shape index (κ1) is 94.0. The molecule has 2 fully saturated rings. The SMILES string of the molecule is C1[Cl+]C[Cl+]1.CP(C)C.CP(C)C.FC(F)(F)c1cc([B-](c2cc(C(F)(F)F)cc(C(F)(F)F)c2)(c2cc(C(F)(F)F)cc(C(F)(F)F)c2)c2cc(C(F)(F)F)cc(C(F)(F)F)c2)cc(C(F)(F)F)c1.[C-]#[O+].[C-]#[O+].[C-]#[O+].[C-]#[O+].[Fe].[Fe].[O-]C1(O)[C@H]([S-])CC[C@@H]1[S-]. The van der Waals surface area contributed by atoms with Gasteiger partial charge in [0.05, 0.1) is 44.5 Å². The van der Waals surface area contributed by atoms with Crippen molar-refractivity contribution in [1.82, 2.24) is 0 Å². The fourth-order valence-electron chi connectivity index (χ4n) is 7.07. The predicted octanol–water partition coefficient (Wildman–Crippen LogP) is 12.5. The third kappa shape index (κ3) is 29.5. The summed E-state index contributed by atoms with van der Waals surface area (Å²) in [4.78, 5) is 0. The molecular weight excluding hydrogens is 1460 g/mol. The van der Waals surface area contributed by atoms with Crippen molar-refractivity contribution in [3.8, 4) is 0 Å². The average Bonchev–Trinajstić information content (AvgIpc) is 3.58. The standard InChI is InChI=1S/C32H12BF24.C5H9O2S2.2C3H9P.C2H4Cl2.4CO.2Fe/c34-25(35,36)13-1-14(26(37,38)39)6-21(5-13)33(22-7-15(27(40,41)42)2-16(8-22)28(43,44)45,23-9-17(29(46,47)48)3-18(10-23)30(49,50)51)24-11-19(31(52,53)54)4-20(12-24)32(55,56)57;6-5(7)3(8)1-2-4(5)9;2*1-4(2)3;1-3-2-4-1;4*1-2;;/h1-12H;3-4,6,8-9H,1-2H2;2*1-3H3;1-2H2;;;;;;/q2*-1;;;+2;;;;;;/p-2/t;3-,4+,5?;;;;;;;;;. The van der Waals surface area contributed by atoms with E-state index in [4.69, 9.17) is 23.7 Å². The van der Waals surface area contributed by atoms with Gasteiger partial charge in [0.25, 0.3) is 21.6 Å². The summed E-state index contributed by atoms with van der Waals surface area (Å²) >= 11 is 9.37. The summed E-state index contributed by atoms with van der Waals surface area (Å²) in [6, 6.07) is -8.81. The number of halogens is 26. The summed E-state index contributed by atoms with van der Waals surface area (Å²) in [5, 5.41) is 21.2. The zero-order valence-electron chi connectivity index (χ0n) is 44.7. The molecule has 88 heavy (non-hydrogen) atoms. The Morgan fingerprint density at radius 2 is 0.500 bits per heavy atom. The number of alkyl halides is 28. The average molecular weight is 1500 g/mol. The molecule has 1 N–H and O–H groups in total. The molecule has 6 nitrogen and oxygen atoms in total. The Morgan fingerprint density at radius 1 is 0.386 bits per heavy atom. The van der Waals surface area contributed by atoms with E-state index in [0.29, 0.717) is 28.7 Å². The van der Waals surface area contributed by atoms with Crippen molar-refractivity contribution in [1.29, 1.82) is 0 Å². The molecule has 4 aromatic carbocycles. The van der Waals surface area contributed by atoms with Gasteiger partial charge in [0, 0.05) is 34.1 Å². The molecule has 4 aromatic rings. The van der Waals surface area contributed by atoms with E-state index in [-0.39, 0.29) is 34.1 Å². The van der Waals surface area contributed by atoms with E-state index in [9.17, 15) is 110 Å². The fourth-order valence-corrected chi connectivity index (χ4v) is 8.32. The minimum Gasteiger partial charge on any atom is -0.831 e. The van der Waals surface area contributed by atoms with E-state index in [2.05, 4.69) is 113 Å². The largest absolute Gasteiger partial charge is 0.831 e. The number of benzene rings is 4. The summed E-state index contributed by atoms with van der Waals surface area (Å²) in [7, 11) is 5.43. The van der Waals surface area contributed by atoms with E-state index in [1.807, 2.05) is 0 Å². The molecule has 0 bridgehead atoms. The first-order valence-electron chi connectivity index (χ1n) is 22.0. The fraction of sp³-hybridized carbons (Fsp3) is 0.429. The van der Waals surface area contributed by atoms with Crippen LogP contribution in [0.4, 0.5) is 105 Å². The molecule has 0 aromatic heterocycles. The zero-order valence-corrected chi connectivity index (χ0v) is 51.9. The van der Waals surface area contributed by atoms with Gasteiger partial charge in [-0.15, -0.1) is 15.8 Å². The Hall–Kier alpha value is -2.68. The van der Waals surface area contributed by atoms with Crippen LogP contribution in [0.2, 0.25) is 0 Å². The molecule has 6 rings (SSSR count). The van der Waals surface area contributed by atoms with Gasteiger partial charge in [-0.3, -0.25) is 0 Å². The first-order valence-corrected chi connectivity index (χ1v) is 30.4. The van der Waals surface area contributed by atoms with Crippen LogP contribution in [-0.2, 0) is 127 Å². The maximum Gasteiger partial charge on any atom is 0 e. The maximum atomic E-state index is 14.2. The molecule has 0 radical (unpaired) electrons. The normalized spacial score (nSPS) is 16.6. The van der Waals surface area contributed by atoms with E-state index in [0.717, 1.165) is 0 Å². The predicted molar refractivity (Wildman–Crippen MR) is 261 cm³/mol. The second-order valence-corrected chi connectivity index (χ2v) is 26.7. The van der Waals surface area contributed by atoms with Crippen LogP contribution >= 0.6 is 15.8 Å². The molecule has 2 aliphatic rings. The van der Waals surface area contributed by atoms with Crippen molar-refractivity contribution in [2.75, 3.05) is 50.7 Å². The van der Waals surface area contributed by atoms with E-state index < -0.39 is 211 Å². The third-order valence-electron chi connectivity index (χ3n) is 10.3. The molecule has 0 spiro atoms. The molecule has 1 saturated heterocycles. The van der Waals surface area contributed by atoms with Crippen molar-refractivity contribution in [3.63, 3.8) is 0 Å². The monoisotopic (exact) mass is 1500 g/mol. The van der Waals surface area contributed by atoms with Crippen LogP contribution in [0, 0.1) is 48.2 Å². The summed E-state index contributed by atoms with van der Waals surface area (Å²) in [5.41, 5.74) is -30.2. The Bertz CT molecular complexity index is 2350. The number of aliphatic hydroxyl groups is 1. The van der Waals surface area contributed by atoms with Gasteiger partial charge in [0.15, 0.2) is 0 Å². The summed E-state index contributed by atoms with van der Waals surface area (Å²) in [6.07, 6.45) is -53.6. The molecule has 1 heterocycles. The quantitative estimate of drug-likeness (QED) is 0.0319. The minimum atomic E-state index is -6.13. The van der Waals surface area contributed by atoms with Crippen molar-refractivity contribution >= 4 is 69.1 Å². The molecule has 498 valence electrons.